The smallest absolute Gasteiger partial charge is 0.255 e. The molecule has 0 aromatic heterocycles. The lowest BCUT2D eigenvalue weighted by molar-refractivity contribution is -0.136. The predicted molar refractivity (Wildman–Crippen MR) is 135 cm³/mol. The summed E-state index contributed by atoms with van der Waals surface area (Å²) in [4.78, 5) is 43.4. The Morgan fingerprint density at radius 2 is 1.69 bits per heavy atom. The van der Waals surface area contributed by atoms with E-state index in [9.17, 15) is 14.4 Å². The predicted octanol–water partition coefficient (Wildman–Crippen LogP) is 3.33. The zero-order chi connectivity index (χ0) is 24.5. The second kappa shape index (κ2) is 9.82. The van der Waals surface area contributed by atoms with Crippen LogP contribution in [0.4, 0.5) is 5.69 Å². The SMILES string of the molecule is CN(Cc1ccccc1)[C@@H]1CCCC[C@H]1N(C)c1ccc2c(c1)CN(C1CCC(=O)NC1=O)C2=O. The summed E-state index contributed by atoms with van der Waals surface area (Å²) < 4.78 is 0. The van der Waals surface area contributed by atoms with Crippen molar-refractivity contribution in [2.45, 2.75) is 69.7 Å². The lowest BCUT2D eigenvalue weighted by atomic mass is 9.87. The van der Waals surface area contributed by atoms with Crippen LogP contribution in [0.15, 0.2) is 48.5 Å². The van der Waals surface area contributed by atoms with Gasteiger partial charge in [-0.25, -0.2) is 0 Å². The molecule has 0 bridgehead atoms. The van der Waals surface area contributed by atoms with Crippen molar-refractivity contribution in [1.29, 1.82) is 0 Å². The molecule has 1 aliphatic carbocycles. The Morgan fingerprint density at radius 1 is 0.943 bits per heavy atom. The van der Waals surface area contributed by atoms with Gasteiger partial charge in [-0.3, -0.25) is 24.6 Å². The number of benzene rings is 2. The van der Waals surface area contributed by atoms with Crippen LogP contribution in [0.1, 0.15) is 60.0 Å². The number of rotatable bonds is 6. The van der Waals surface area contributed by atoms with E-state index < -0.39 is 6.04 Å². The number of hydrogen-bond donors (Lipinski definition) is 1. The van der Waals surface area contributed by atoms with E-state index in [4.69, 9.17) is 0 Å². The van der Waals surface area contributed by atoms with Crippen LogP contribution in [0.5, 0.6) is 0 Å². The van der Waals surface area contributed by atoms with Gasteiger partial charge in [0.15, 0.2) is 0 Å². The molecule has 2 aromatic carbocycles. The zero-order valence-corrected chi connectivity index (χ0v) is 20.6. The third kappa shape index (κ3) is 4.69. The molecule has 1 N–H and O–H groups in total. The highest BCUT2D eigenvalue weighted by Crippen LogP contribution is 2.34. The molecular weight excluding hydrogens is 440 g/mol. The Kier molecular flexibility index (Phi) is 6.60. The Bertz CT molecular complexity index is 1120. The van der Waals surface area contributed by atoms with Crippen LogP contribution >= 0.6 is 0 Å². The number of hydrogen-bond acceptors (Lipinski definition) is 5. The number of imide groups is 1. The standard InChI is InChI=1S/C28H34N4O3/c1-30(17-19-8-4-3-5-9-19)23-10-6-7-11-24(23)31(2)21-12-13-22-20(16-21)18-32(28(22)35)25-14-15-26(33)29-27(25)34/h3-5,8-9,12-13,16,23-25H,6-7,10-11,14-15,17-18H2,1-2H3,(H,29,33,34)/t23-,24-,25?/m1/s1. The van der Waals surface area contributed by atoms with Crippen molar-refractivity contribution in [3.8, 4) is 0 Å². The molecule has 3 atom stereocenters. The minimum atomic E-state index is -0.580. The van der Waals surface area contributed by atoms with Gasteiger partial charge in [-0.15, -0.1) is 0 Å². The molecule has 5 rings (SSSR count). The third-order valence-electron chi connectivity index (χ3n) is 7.95. The average Bonchev–Trinajstić information content (AvgIpc) is 3.19. The molecule has 2 aromatic rings. The second-order valence-electron chi connectivity index (χ2n) is 10.2. The van der Waals surface area contributed by atoms with Crippen LogP contribution in [0, 0.1) is 0 Å². The molecule has 184 valence electrons. The van der Waals surface area contributed by atoms with Crippen LogP contribution in [0.25, 0.3) is 0 Å². The summed E-state index contributed by atoms with van der Waals surface area (Å²) in [6.07, 6.45) is 5.42. The summed E-state index contributed by atoms with van der Waals surface area (Å²) in [5.74, 6) is -0.758. The molecule has 7 heteroatoms. The van der Waals surface area contributed by atoms with Crippen molar-refractivity contribution >= 4 is 23.4 Å². The molecule has 2 heterocycles. The van der Waals surface area contributed by atoms with E-state index in [-0.39, 0.29) is 24.1 Å². The van der Waals surface area contributed by atoms with E-state index in [0.29, 0.717) is 30.6 Å². The summed E-state index contributed by atoms with van der Waals surface area (Å²) in [6, 6.07) is 16.9. The number of carbonyl (C=O) groups is 3. The summed E-state index contributed by atoms with van der Waals surface area (Å²) >= 11 is 0. The molecule has 1 saturated carbocycles. The highest BCUT2D eigenvalue weighted by molar-refractivity contribution is 6.05. The van der Waals surface area contributed by atoms with Gasteiger partial charge in [0.25, 0.3) is 5.91 Å². The van der Waals surface area contributed by atoms with Crippen LogP contribution in [0.3, 0.4) is 0 Å². The highest BCUT2D eigenvalue weighted by atomic mass is 16.2. The summed E-state index contributed by atoms with van der Waals surface area (Å²) in [5, 5.41) is 2.37. The molecule has 2 fully saturated rings. The van der Waals surface area contributed by atoms with E-state index in [1.807, 2.05) is 12.1 Å². The number of amides is 3. The van der Waals surface area contributed by atoms with Crippen LogP contribution in [-0.4, -0.2) is 59.7 Å². The minimum absolute atomic E-state index is 0.123. The maximum atomic E-state index is 13.1. The van der Waals surface area contributed by atoms with Gasteiger partial charge >= 0.3 is 0 Å². The van der Waals surface area contributed by atoms with Gasteiger partial charge in [-0.1, -0.05) is 43.2 Å². The van der Waals surface area contributed by atoms with E-state index in [1.165, 1.54) is 24.8 Å². The number of nitrogens with zero attached hydrogens (tertiary/aromatic N) is 3. The Balaban J connectivity index is 1.32. The maximum absolute atomic E-state index is 13.1. The quantitative estimate of drug-likeness (QED) is 0.651. The molecule has 2 aliphatic heterocycles. The van der Waals surface area contributed by atoms with Crippen LogP contribution in [-0.2, 0) is 22.7 Å². The minimum Gasteiger partial charge on any atom is -0.370 e. The van der Waals surface area contributed by atoms with Crippen LogP contribution < -0.4 is 10.2 Å². The van der Waals surface area contributed by atoms with Gasteiger partial charge in [-0.2, -0.15) is 0 Å². The highest BCUT2D eigenvalue weighted by Gasteiger charge is 2.39. The lowest BCUT2D eigenvalue weighted by Crippen LogP contribution is -2.52. The molecule has 3 aliphatic rings. The van der Waals surface area contributed by atoms with E-state index in [1.54, 1.807) is 4.90 Å². The Labute approximate surface area is 207 Å². The monoisotopic (exact) mass is 474 g/mol. The molecule has 1 saturated heterocycles. The molecule has 0 radical (unpaired) electrons. The topological polar surface area (TPSA) is 73.0 Å². The lowest BCUT2D eigenvalue weighted by Gasteiger charge is -2.43. The molecule has 0 spiro atoms. The first-order valence-corrected chi connectivity index (χ1v) is 12.7. The number of carbonyl (C=O) groups excluding carboxylic acids is 3. The number of nitrogens with one attached hydrogen (secondary N) is 1. The molecule has 35 heavy (non-hydrogen) atoms. The first-order valence-electron chi connectivity index (χ1n) is 12.7. The van der Waals surface area contributed by atoms with Crippen molar-refractivity contribution < 1.29 is 14.4 Å². The van der Waals surface area contributed by atoms with Gasteiger partial charge in [0.2, 0.25) is 11.8 Å². The molecular formula is C28H34N4O3. The van der Waals surface area contributed by atoms with Crippen molar-refractivity contribution in [3.63, 3.8) is 0 Å². The van der Waals surface area contributed by atoms with Gasteiger partial charge in [0, 0.05) is 49.9 Å². The number of anilines is 1. The summed E-state index contributed by atoms with van der Waals surface area (Å²) in [6.45, 7) is 1.33. The van der Waals surface area contributed by atoms with Gasteiger partial charge < -0.3 is 9.80 Å². The zero-order valence-electron chi connectivity index (χ0n) is 20.6. The Hall–Kier alpha value is -3.19. The first-order chi connectivity index (χ1) is 16.9. The molecule has 7 nitrogen and oxygen atoms in total. The fourth-order valence-corrected chi connectivity index (χ4v) is 6.02. The normalized spacial score (nSPS) is 24.5. The van der Waals surface area contributed by atoms with E-state index in [0.717, 1.165) is 24.2 Å². The molecule has 1 unspecified atom stereocenters. The van der Waals surface area contributed by atoms with Crippen molar-refractivity contribution in [1.82, 2.24) is 15.1 Å². The first kappa shape index (κ1) is 23.5. The fourth-order valence-electron chi connectivity index (χ4n) is 6.02. The van der Waals surface area contributed by atoms with Gasteiger partial charge in [-0.05, 0) is 55.6 Å². The van der Waals surface area contributed by atoms with E-state index >= 15 is 0 Å². The second-order valence-corrected chi connectivity index (χ2v) is 10.2. The van der Waals surface area contributed by atoms with Crippen molar-refractivity contribution in [2.24, 2.45) is 0 Å². The Morgan fingerprint density at radius 3 is 2.43 bits per heavy atom. The van der Waals surface area contributed by atoms with Crippen LogP contribution in [0.2, 0.25) is 0 Å². The van der Waals surface area contributed by atoms with Gasteiger partial charge in [0.1, 0.15) is 6.04 Å². The van der Waals surface area contributed by atoms with Crippen molar-refractivity contribution in [3.05, 3.63) is 65.2 Å². The largest absolute Gasteiger partial charge is 0.370 e. The van der Waals surface area contributed by atoms with E-state index in [2.05, 4.69) is 65.6 Å². The summed E-state index contributed by atoms with van der Waals surface area (Å²) in [5.41, 5.74) is 4.04. The molecule has 3 amide bonds. The van der Waals surface area contributed by atoms with Crippen molar-refractivity contribution in [2.75, 3.05) is 19.0 Å². The number of piperidine rings is 1. The summed E-state index contributed by atoms with van der Waals surface area (Å²) in [7, 11) is 4.39. The average molecular weight is 475 g/mol. The fraction of sp³-hybridized carbons (Fsp3) is 0.464. The third-order valence-corrected chi connectivity index (χ3v) is 7.95. The maximum Gasteiger partial charge on any atom is 0.255 e. The van der Waals surface area contributed by atoms with Gasteiger partial charge in [0.05, 0.1) is 0 Å². The number of fused-ring (bicyclic) bond motifs is 1. The number of likely N-dealkylation sites (N-methyl/N-ethyl adjacent to an activating group) is 2.